The number of aliphatic carboxylic acids is 1. The van der Waals surface area contributed by atoms with Crippen molar-refractivity contribution in [2.75, 3.05) is 0 Å². The molecule has 5 nitrogen and oxygen atoms in total. The fourth-order valence-corrected chi connectivity index (χ4v) is 1.88. The molecule has 0 aromatic carbocycles. The maximum Gasteiger partial charge on any atom is 0.326 e. The van der Waals surface area contributed by atoms with Crippen LogP contribution in [-0.4, -0.2) is 29.1 Å². The van der Waals surface area contributed by atoms with Crippen molar-refractivity contribution in [1.29, 1.82) is 0 Å². The third kappa shape index (κ3) is 8.59. The van der Waals surface area contributed by atoms with Crippen molar-refractivity contribution in [3.63, 3.8) is 0 Å². The lowest BCUT2D eigenvalue weighted by molar-refractivity contribution is -0.142. The second-order valence-electron chi connectivity index (χ2n) is 5.84. The monoisotopic (exact) mass is 272 g/mol. The van der Waals surface area contributed by atoms with Gasteiger partial charge in [0.2, 0.25) is 5.91 Å². The number of nitrogens with two attached hydrogens (primary N) is 1. The van der Waals surface area contributed by atoms with Crippen LogP contribution in [0, 0.1) is 11.8 Å². The molecule has 0 radical (unpaired) electrons. The lowest BCUT2D eigenvalue weighted by atomic mass is 9.99. The van der Waals surface area contributed by atoms with Gasteiger partial charge in [0.15, 0.2) is 0 Å². The van der Waals surface area contributed by atoms with Crippen molar-refractivity contribution in [2.45, 2.75) is 65.5 Å². The molecular formula is C14H28N2O3. The molecule has 0 saturated carbocycles. The minimum absolute atomic E-state index is 0.142. The number of carboxylic acid groups (broad SMARTS) is 1. The summed E-state index contributed by atoms with van der Waals surface area (Å²) in [6.45, 7) is 7.64. The fourth-order valence-electron chi connectivity index (χ4n) is 1.88. The van der Waals surface area contributed by atoms with Crippen LogP contribution in [0.3, 0.4) is 0 Å². The Hall–Kier alpha value is -1.10. The number of carbonyl (C=O) groups is 2. The largest absolute Gasteiger partial charge is 0.480 e. The molecule has 0 saturated heterocycles. The highest BCUT2D eigenvalue weighted by Crippen LogP contribution is 2.11. The second kappa shape index (κ2) is 8.91. The van der Waals surface area contributed by atoms with Crippen LogP contribution in [0.4, 0.5) is 0 Å². The summed E-state index contributed by atoms with van der Waals surface area (Å²) in [4.78, 5) is 23.0. The van der Waals surface area contributed by atoms with E-state index in [0.29, 0.717) is 6.42 Å². The lowest BCUT2D eigenvalue weighted by Crippen LogP contribution is -2.43. The molecule has 0 fully saturated rings. The first kappa shape index (κ1) is 17.9. The van der Waals surface area contributed by atoms with Crippen molar-refractivity contribution in [2.24, 2.45) is 17.6 Å². The van der Waals surface area contributed by atoms with Crippen LogP contribution in [0.2, 0.25) is 0 Å². The molecule has 3 atom stereocenters. The number of carbonyl (C=O) groups excluding carboxylic acids is 1. The van der Waals surface area contributed by atoms with Crippen LogP contribution in [0.25, 0.3) is 0 Å². The maximum absolute atomic E-state index is 11.9. The average Bonchev–Trinajstić information content (AvgIpc) is 2.26. The molecule has 0 aliphatic carbocycles. The van der Waals surface area contributed by atoms with E-state index in [9.17, 15) is 9.59 Å². The molecule has 112 valence electrons. The van der Waals surface area contributed by atoms with Crippen molar-refractivity contribution in [3.8, 4) is 0 Å². The highest BCUT2D eigenvalue weighted by molar-refractivity contribution is 5.84. The van der Waals surface area contributed by atoms with Gasteiger partial charge in [0, 0.05) is 12.0 Å². The number of rotatable bonds is 9. The van der Waals surface area contributed by atoms with Crippen LogP contribution in [0.15, 0.2) is 0 Å². The van der Waals surface area contributed by atoms with E-state index in [1.54, 1.807) is 0 Å². The third-order valence-electron chi connectivity index (χ3n) is 3.07. The summed E-state index contributed by atoms with van der Waals surface area (Å²) in [6.07, 6.45) is 2.95. The topological polar surface area (TPSA) is 92.4 Å². The van der Waals surface area contributed by atoms with Gasteiger partial charge in [0.05, 0.1) is 0 Å². The quantitative estimate of drug-likeness (QED) is 0.596. The molecule has 0 aromatic rings. The minimum atomic E-state index is -0.968. The molecule has 19 heavy (non-hydrogen) atoms. The average molecular weight is 272 g/mol. The number of hydrogen-bond acceptors (Lipinski definition) is 3. The van der Waals surface area contributed by atoms with Crippen molar-refractivity contribution in [3.05, 3.63) is 0 Å². The van der Waals surface area contributed by atoms with Crippen molar-refractivity contribution < 1.29 is 14.7 Å². The van der Waals surface area contributed by atoms with Gasteiger partial charge in [-0.1, -0.05) is 27.2 Å². The Bertz CT molecular complexity index is 290. The molecule has 0 aliphatic heterocycles. The van der Waals surface area contributed by atoms with E-state index >= 15 is 0 Å². The molecule has 1 amide bonds. The summed E-state index contributed by atoms with van der Waals surface area (Å²) >= 11 is 0. The van der Waals surface area contributed by atoms with Gasteiger partial charge >= 0.3 is 5.97 Å². The second-order valence-corrected chi connectivity index (χ2v) is 5.84. The molecule has 0 aromatic heterocycles. The Balaban J connectivity index is 4.20. The van der Waals surface area contributed by atoms with Gasteiger partial charge in [0.25, 0.3) is 0 Å². The first-order valence-electron chi connectivity index (χ1n) is 7.02. The maximum atomic E-state index is 11.9. The van der Waals surface area contributed by atoms with Crippen LogP contribution >= 0.6 is 0 Å². The molecule has 0 spiro atoms. The lowest BCUT2D eigenvalue weighted by Gasteiger charge is -2.19. The first-order chi connectivity index (χ1) is 8.73. The predicted octanol–water partition coefficient (Wildman–Crippen LogP) is 1.76. The van der Waals surface area contributed by atoms with Gasteiger partial charge in [-0.3, -0.25) is 4.79 Å². The number of nitrogens with one attached hydrogen (secondary N) is 1. The summed E-state index contributed by atoms with van der Waals surface area (Å²) in [5.74, 6) is -1.09. The van der Waals surface area contributed by atoms with Gasteiger partial charge in [-0.05, 0) is 32.1 Å². The Morgan fingerprint density at radius 3 is 2.16 bits per heavy atom. The third-order valence-corrected chi connectivity index (χ3v) is 3.07. The van der Waals surface area contributed by atoms with E-state index in [1.807, 2.05) is 27.7 Å². The Morgan fingerprint density at radius 2 is 1.74 bits per heavy atom. The minimum Gasteiger partial charge on any atom is -0.480 e. The summed E-state index contributed by atoms with van der Waals surface area (Å²) in [5, 5.41) is 11.7. The van der Waals surface area contributed by atoms with Crippen molar-refractivity contribution in [1.82, 2.24) is 5.32 Å². The molecular weight excluding hydrogens is 244 g/mol. The van der Waals surface area contributed by atoms with Crippen LogP contribution < -0.4 is 11.1 Å². The Morgan fingerprint density at radius 1 is 1.16 bits per heavy atom. The molecule has 0 rings (SSSR count). The zero-order valence-electron chi connectivity index (χ0n) is 12.5. The molecule has 5 heteroatoms. The van der Waals surface area contributed by atoms with Crippen LogP contribution in [-0.2, 0) is 9.59 Å². The molecule has 0 heterocycles. The van der Waals surface area contributed by atoms with Crippen LogP contribution in [0.5, 0.6) is 0 Å². The summed E-state index contributed by atoms with van der Waals surface area (Å²) < 4.78 is 0. The van der Waals surface area contributed by atoms with Gasteiger partial charge in [-0.2, -0.15) is 0 Å². The summed E-state index contributed by atoms with van der Waals surface area (Å²) in [7, 11) is 0. The van der Waals surface area contributed by atoms with E-state index < -0.39 is 12.0 Å². The SMILES string of the molecule is CC(C)C[C@@H](NC(=O)C(C)CCCC(C)N)C(=O)O. The highest BCUT2D eigenvalue weighted by Gasteiger charge is 2.23. The zero-order valence-corrected chi connectivity index (χ0v) is 12.5. The Kier molecular flexibility index (Phi) is 8.39. The zero-order chi connectivity index (χ0) is 15.0. The van der Waals surface area contributed by atoms with Crippen molar-refractivity contribution >= 4 is 11.9 Å². The van der Waals surface area contributed by atoms with E-state index in [4.69, 9.17) is 10.8 Å². The van der Waals surface area contributed by atoms with Gasteiger partial charge in [-0.25, -0.2) is 4.79 Å². The van der Waals surface area contributed by atoms with E-state index in [0.717, 1.165) is 19.3 Å². The fraction of sp³-hybridized carbons (Fsp3) is 0.857. The normalized spacial score (nSPS) is 15.9. The number of amides is 1. The first-order valence-corrected chi connectivity index (χ1v) is 7.02. The predicted molar refractivity (Wildman–Crippen MR) is 75.7 cm³/mol. The molecule has 2 unspecified atom stereocenters. The number of carboxylic acids is 1. The smallest absolute Gasteiger partial charge is 0.326 e. The summed E-state index contributed by atoms with van der Waals surface area (Å²) in [5.41, 5.74) is 5.65. The van der Waals surface area contributed by atoms with Gasteiger partial charge < -0.3 is 16.2 Å². The van der Waals surface area contributed by atoms with Gasteiger partial charge in [0.1, 0.15) is 6.04 Å². The molecule has 0 bridgehead atoms. The Labute approximate surface area is 115 Å². The molecule has 4 N–H and O–H groups in total. The number of hydrogen-bond donors (Lipinski definition) is 3. The molecule has 0 aliphatic rings. The van der Waals surface area contributed by atoms with Gasteiger partial charge in [-0.15, -0.1) is 0 Å². The van der Waals surface area contributed by atoms with E-state index in [1.165, 1.54) is 0 Å². The standard InChI is InChI=1S/C14H28N2O3/c1-9(2)8-12(14(18)19)16-13(17)10(3)6-5-7-11(4)15/h9-12H,5-8,15H2,1-4H3,(H,16,17)(H,18,19)/t10?,11?,12-/m1/s1. The van der Waals surface area contributed by atoms with E-state index in [2.05, 4.69) is 5.32 Å². The highest BCUT2D eigenvalue weighted by atomic mass is 16.4. The summed E-state index contributed by atoms with van der Waals surface area (Å²) in [6, 6.07) is -0.647. The van der Waals surface area contributed by atoms with E-state index in [-0.39, 0.29) is 23.8 Å². The van der Waals surface area contributed by atoms with Crippen LogP contribution in [0.1, 0.15) is 53.4 Å².